The van der Waals surface area contributed by atoms with Crippen LogP contribution < -0.4 is 10.5 Å². The number of hydrogen-bond donors (Lipinski definition) is 2. The van der Waals surface area contributed by atoms with Crippen molar-refractivity contribution in [2.75, 3.05) is 24.6 Å². The Kier molecular flexibility index (Phi) is 7.35. The zero-order valence-electron chi connectivity index (χ0n) is 11.6. The summed E-state index contributed by atoms with van der Waals surface area (Å²) in [6.07, 6.45) is 0. The highest BCUT2D eigenvalue weighted by Crippen LogP contribution is 2.22. The molecule has 0 aliphatic carbocycles. The van der Waals surface area contributed by atoms with E-state index in [0.717, 1.165) is 0 Å². The van der Waals surface area contributed by atoms with Crippen LogP contribution in [0.25, 0.3) is 0 Å². The van der Waals surface area contributed by atoms with Crippen molar-refractivity contribution in [1.29, 1.82) is 0 Å². The van der Waals surface area contributed by atoms with Crippen molar-refractivity contribution < 1.29 is 12.6 Å². The largest absolute Gasteiger partial charge is 0.320 e. The lowest BCUT2D eigenvalue weighted by atomic mass is 10.2. The molecule has 116 valence electrons. The van der Waals surface area contributed by atoms with Crippen LogP contribution in [-0.2, 0) is 20.8 Å². The van der Waals surface area contributed by atoms with E-state index in [4.69, 9.17) is 17.3 Å². The molecule has 0 saturated heterocycles. The van der Waals surface area contributed by atoms with Crippen molar-refractivity contribution in [1.82, 2.24) is 4.72 Å². The molecular weight excluding hydrogens is 332 g/mol. The van der Waals surface area contributed by atoms with Crippen LogP contribution in [0.2, 0.25) is 5.02 Å². The van der Waals surface area contributed by atoms with Crippen LogP contribution in [0.15, 0.2) is 23.1 Å². The fourth-order valence-electron chi connectivity index (χ4n) is 1.46. The molecule has 0 aromatic heterocycles. The van der Waals surface area contributed by atoms with E-state index in [9.17, 15) is 12.6 Å². The Morgan fingerprint density at radius 1 is 1.43 bits per heavy atom. The molecule has 1 atom stereocenters. The fourth-order valence-corrected chi connectivity index (χ4v) is 3.78. The van der Waals surface area contributed by atoms with Crippen LogP contribution in [-0.4, -0.2) is 37.2 Å². The molecule has 0 bridgehead atoms. The van der Waals surface area contributed by atoms with Gasteiger partial charge in [0.2, 0.25) is 10.0 Å². The zero-order valence-corrected chi connectivity index (χ0v) is 13.9. The lowest BCUT2D eigenvalue weighted by Gasteiger charge is -2.08. The molecule has 1 aromatic carbocycles. The van der Waals surface area contributed by atoms with Gasteiger partial charge in [-0.1, -0.05) is 30.4 Å². The predicted octanol–water partition coefficient (Wildman–Crippen LogP) is 0.697. The van der Waals surface area contributed by atoms with Gasteiger partial charge in [0.05, 0.1) is 11.6 Å². The molecule has 0 radical (unpaired) electrons. The average molecular weight is 349 g/mol. The SMILES string of the molecule is CCS(=O)CCNS(=O)(=O)c1ccc(C#CCN)cc1Cl. The predicted molar refractivity (Wildman–Crippen MR) is 86.1 cm³/mol. The normalized spacial score (nSPS) is 12.5. The molecule has 0 aliphatic heterocycles. The van der Waals surface area contributed by atoms with Crippen molar-refractivity contribution in [3.63, 3.8) is 0 Å². The summed E-state index contributed by atoms with van der Waals surface area (Å²) in [6, 6.07) is 4.43. The van der Waals surface area contributed by atoms with E-state index in [2.05, 4.69) is 16.6 Å². The Balaban J connectivity index is 2.86. The molecule has 3 N–H and O–H groups in total. The molecule has 0 spiro atoms. The summed E-state index contributed by atoms with van der Waals surface area (Å²) >= 11 is 5.98. The van der Waals surface area contributed by atoms with E-state index in [1.165, 1.54) is 12.1 Å². The van der Waals surface area contributed by atoms with Gasteiger partial charge in [0.25, 0.3) is 0 Å². The van der Waals surface area contributed by atoms with Gasteiger partial charge < -0.3 is 5.73 Å². The molecule has 1 rings (SSSR count). The fraction of sp³-hybridized carbons (Fsp3) is 0.385. The van der Waals surface area contributed by atoms with E-state index in [1.54, 1.807) is 13.0 Å². The van der Waals surface area contributed by atoms with Crippen molar-refractivity contribution in [3.8, 4) is 11.8 Å². The van der Waals surface area contributed by atoms with Crippen LogP contribution in [0.4, 0.5) is 0 Å². The van der Waals surface area contributed by atoms with Crippen LogP contribution in [0.1, 0.15) is 12.5 Å². The summed E-state index contributed by atoms with van der Waals surface area (Å²) in [5.41, 5.74) is 5.86. The Bertz CT molecular complexity index is 678. The van der Waals surface area contributed by atoms with Crippen molar-refractivity contribution in [2.45, 2.75) is 11.8 Å². The van der Waals surface area contributed by atoms with Gasteiger partial charge in [0.1, 0.15) is 4.90 Å². The highest BCUT2D eigenvalue weighted by Gasteiger charge is 2.17. The van der Waals surface area contributed by atoms with Gasteiger partial charge in [-0.05, 0) is 18.2 Å². The summed E-state index contributed by atoms with van der Waals surface area (Å²) in [7, 11) is -4.74. The summed E-state index contributed by atoms with van der Waals surface area (Å²) in [4.78, 5) is -0.0234. The first-order chi connectivity index (χ1) is 9.90. The maximum Gasteiger partial charge on any atom is 0.242 e. The molecular formula is C13H17ClN2O3S2. The Morgan fingerprint density at radius 2 is 2.14 bits per heavy atom. The first-order valence-corrected chi connectivity index (χ1v) is 9.58. The van der Waals surface area contributed by atoms with Crippen LogP contribution >= 0.6 is 11.6 Å². The van der Waals surface area contributed by atoms with Gasteiger partial charge in [-0.25, -0.2) is 13.1 Å². The second-order valence-corrected chi connectivity index (χ2v) is 7.99. The topological polar surface area (TPSA) is 89.3 Å². The third-order valence-electron chi connectivity index (χ3n) is 2.50. The minimum atomic E-state index is -3.72. The summed E-state index contributed by atoms with van der Waals surface area (Å²) in [5, 5.41) is 0.0861. The minimum absolute atomic E-state index is 0.0234. The molecule has 8 heteroatoms. The third-order valence-corrected chi connectivity index (χ3v) is 5.75. The summed E-state index contributed by atoms with van der Waals surface area (Å²) in [5.74, 6) is 6.21. The van der Waals surface area contributed by atoms with Gasteiger partial charge >= 0.3 is 0 Å². The first-order valence-electron chi connectivity index (χ1n) is 6.24. The number of benzene rings is 1. The lowest BCUT2D eigenvalue weighted by molar-refractivity contribution is 0.584. The van der Waals surface area contributed by atoms with Crippen LogP contribution in [0.5, 0.6) is 0 Å². The van der Waals surface area contributed by atoms with Crippen molar-refractivity contribution in [2.24, 2.45) is 5.73 Å². The van der Waals surface area contributed by atoms with E-state index in [0.29, 0.717) is 11.3 Å². The number of nitrogens with one attached hydrogen (secondary N) is 1. The standard InChI is InChI=1S/C13H17ClN2O3S2/c1-2-20(17)9-8-16-21(18,19)13-6-5-11(4-3-7-15)10-12(13)14/h5-6,10,16H,2,7-9,15H2,1H3. The molecule has 1 unspecified atom stereocenters. The second kappa shape index (κ2) is 8.51. The lowest BCUT2D eigenvalue weighted by Crippen LogP contribution is -2.28. The van der Waals surface area contributed by atoms with E-state index in [-0.39, 0.29) is 28.8 Å². The van der Waals surface area contributed by atoms with Gasteiger partial charge in [-0.3, -0.25) is 4.21 Å². The minimum Gasteiger partial charge on any atom is -0.320 e. The molecule has 0 saturated carbocycles. The Labute approximate surface area is 132 Å². The average Bonchev–Trinajstić information content (AvgIpc) is 2.44. The number of rotatable bonds is 6. The van der Waals surface area contributed by atoms with Gasteiger partial charge in [-0.15, -0.1) is 0 Å². The maximum absolute atomic E-state index is 12.1. The maximum atomic E-state index is 12.1. The number of hydrogen-bond acceptors (Lipinski definition) is 4. The summed E-state index contributed by atoms with van der Waals surface area (Å²) in [6.45, 7) is 2.10. The highest BCUT2D eigenvalue weighted by molar-refractivity contribution is 7.89. The van der Waals surface area contributed by atoms with Crippen LogP contribution in [0, 0.1) is 11.8 Å². The quantitative estimate of drug-likeness (QED) is 0.740. The third kappa shape index (κ3) is 5.77. The molecule has 0 aliphatic rings. The first kappa shape index (κ1) is 18.1. The molecule has 0 fully saturated rings. The van der Waals surface area contributed by atoms with E-state index in [1.807, 2.05) is 0 Å². The van der Waals surface area contributed by atoms with Gasteiger partial charge in [0.15, 0.2) is 0 Å². The molecule has 5 nitrogen and oxygen atoms in total. The van der Waals surface area contributed by atoms with Crippen molar-refractivity contribution >= 4 is 32.4 Å². The van der Waals surface area contributed by atoms with Gasteiger partial charge in [0, 0.05) is 34.4 Å². The van der Waals surface area contributed by atoms with E-state index >= 15 is 0 Å². The zero-order chi connectivity index (χ0) is 15.9. The van der Waals surface area contributed by atoms with Gasteiger partial charge in [-0.2, -0.15) is 0 Å². The molecule has 21 heavy (non-hydrogen) atoms. The number of nitrogens with two attached hydrogens (primary N) is 1. The second-order valence-electron chi connectivity index (χ2n) is 3.98. The van der Waals surface area contributed by atoms with E-state index < -0.39 is 20.8 Å². The molecule has 0 amide bonds. The van der Waals surface area contributed by atoms with Crippen molar-refractivity contribution in [3.05, 3.63) is 28.8 Å². The number of sulfonamides is 1. The Hall–Kier alpha value is -0.910. The van der Waals surface area contributed by atoms with Crippen LogP contribution in [0.3, 0.4) is 0 Å². The smallest absolute Gasteiger partial charge is 0.242 e. The summed E-state index contributed by atoms with van der Waals surface area (Å²) < 4.78 is 37.8. The number of halogens is 1. The highest BCUT2D eigenvalue weighted by atomic mass is 35.5. The Morgan fingerprint density at radius 3 is 2.71 bits per heavy atom. The molecule has 0 heterocycles. The molecule has 1 aromatic rings. The monoisotopic (exact) mass is 348 g/mol.